The van der Waals surface area contributed by atoms with Crippen molar-refractivity contribution in [3.63, 3.8) is 0 Å². The molecule has 0 N–H and O–H groups in total. The van der Waals surface area contributed by atoms with Gasteiger partial charge >= 0.3 is 0 Å². The summed E-state index contributed by atoms with van der Waals surface area (Å²) in [7, 11) is 0. The second-order valence-corrected chi connectivity index (χ2v) is 3.98. The lowest BCUT2D eigenvalue weighted by Gasteiger charge is -2.07. The highest BCUT2D eigenvalue weighted by Gasteiger charge is 2.01. The quantitative estimate of drug-likeness (QED) is 0.663. The maximum Gasteiger partial charge on any atom is -0.0108 e. The van der Waals surface area contributed by atoms with Gasteiger partial charge in [-0.2, -0.15) is 0 Å². The first-order valence-electron chi connectivity index (χ1n) is 5.54. The predicted molar refractivity (Wildman–Crippen MR) is 73.5 cm³/mol. The minimum atomic E-state index is 1.17. The van der Waals surface area contributed by atoms with Crippen LogP contribution in [0.5, 0.6) is 0 Å². The van der Waals surface area contributed by atoms with Gasteiger partial charge in [-0.1, -0.05) is 49.1 Å². The fourth-order valence-corrected chi connectivity index (χ4v) is 2.00. The second kappa shape index (κ2) is 4.36. The molecular weight excluding hydrogens is 192 g/mol. The number of aryl methyl sites for hydroxylation is 1. The van der Waals surface area contributed by atoms with Crippen LogP contribution in [0.2, 0.25) is 0 Å². The van der Waals surface area contributed by atoms with Crippen molar-refractivity contribution >= 4 is 22.9 Å². The van der Waals surface area contributed by atoms with Crippen LogP contribution in [0.25, 0.3) is 22.9 Å². The first kappa shape index (κ1) is 10.7. The van der Waals surface area contributed by atoms with Crippen LogP contribution in [0.15, 0.2) is 43.0 Å². The van der Waals surface area contributed by atoms with Crippen molar-refractivity contribution in [1.82, 2.24) is 0 Å². The predicted octanol–water partition coefficient (Wildman–Crippen LogP) is 4.82. The van der Waals surface area contributed by atoms with E-state index in [9.17, 15) is 0 Å². The smallest absolute Gasteiger partial charge is 0.0108 e. The van der Waals surface area contributed by atoms with Crippen molar-refractivity contribution in [3.05, 3.63) is 59.7 Å². The van der Waals surface area contributed by atoms with Crippen molar-refractivity contribution < 1.29 is 0 Å². The average molecular weight is 208 g/mol. The number of fused-ring (bicyclic) bond motifs is 1. The standard InChI is InChI=1S/C16H16/c1-4-6-15-12(3)7-9-14-11-13(5-2)8-10-16(14)15/h4-11H,2H2,1,3H3/b6-4-. The molecule has 0 aliphatic heterocycles. The first-order chi connectivity index (χ1) is 7.76. The Morgan fingerprint density at radius 1 is 1.12 bits per heavy atom. The number of allylic oxidation sites excluding steroid dienone is 1. The third-order valence-electron chi connectivity index (χ3n) is 2.87. The Labute approximate surface area is 96.9 Å². The SMILES string of the molecule is C=Cc1ccc2c(/C=C\C)c(C)ccc2c1. The van der Waals surface area contributed by atoms with Crippen LogP contribution in [0, 0.1) is 6.92 Å². The number of hydrogen-bond donors (Lipinski definition) is 0. The Kier molecular flexibility index (Phi) is 2.91. The van der Waals surface area contributed by atoms with E-state index in [1.165, 1.54) is 27.5 Å². The topological polar surface area (TPSA) is 0 Å². The van der Waals surface area contributed by atoms with E-state index in [0.717, 1.165) is 0 Å². The van der Waals surface area contributed by atoms with Gasteiger partial charge in [0.25, 0.3) is 0 Å². The van der Waals surface area contributed by atoms with Gasteiger partial charge in [0.05, 0.1) is 0 Å². The maximum atomic E-state index is 3.80. The molecule has 2 aromatic rings. The van der Waals surface area contributed by atoms with Crippen molar-refractivity contribution in [3.8, 4) is 0 Å². The third-order valence-corrected chi connectivity index (χ3v) is 2.87. The lowest BCUT2D eigenvalue weighted by molar-refractivity contribution is 1.47. The highest BCUT2D eigenvalue weighted by molar-refractivity contribution is 5.93. The largest absolute Gasteiger partial charge is 0.0985 e. The van der Waals surface area contributed by atoms with Gasteiger partial charge in [0.15, 0.2) is 0 Å². The molecule has 0 heteroatoms. The van der Waals surface area contributed by atoms with Gasteiger partial charge in [0, 0.05) is 0 Å². The van der Waals surface area contributed by atoms with Gasteiger partial charge in [-0.3, -0.25) is 0 Å². The summed E-state index contributed by atoms with van der Waals surface area (Å²) in [4.78, 5) is 0. The Morgan fingerprint density at radius 2 is 1.94 bits per heavy atom. The van der Waals surface area contributed by atoms with Crippen LogP contribution < -0.4 is 0 Å². The zero-order valence-electron chi connectivity index (χ0n) is 9.83. The third kappa shape index (κ3) is 1.79. The molecule has 80 valence electrons. The molecule has 0 amide bonds. The molecule has 2 rings (SSSR count). The number of benzene rings is 2. The molecule has 0 aliphatic rings. The molecule has 0 heterocycles. The summed E-state index contributed by atoms with van der Waals surface area (Å²) < 4.78 is 0. The summed E-state index contributed by atoms with van der Waals surface area (Å²) in [6, 6.07) is 10.8. The molecule has 0 saturated heterocycles. The molecule has 0 bridgehead atoms. The summed E-state index contributed by atoms with van der Waals surface area (Å²) >= 11 is 0. The Balaban J connectivity index is 2.78. The molecule has 0 radical (unpaired) electrons. The normalized spacial score (nSPS) is 11.1. The van der Waals surface area contributed by atoms with Crippen molar-refractivity contribution in [1.29, 1.82) is 0 Å². The fourth-order valence-electron chi connectivity index (χ4n) is 2.00. The van der Waals surface area contributed by atoms with Gasteiger partial charge in [0.1, 0.15) is 0 Å². The van der Waals surface area contributed by atoms with Crippen LogP contribution in [-0.4, -0.2) is 0 Å². The van der Waals surface area contributed by atoms with E-state index in [1.807, 2.05) is 6.08 Å². The molecule has 0 atom stereocenters. The van der Waals surface area contributed by atoms with Crippen LogP contribution >= 0.6 is 0 Å². The Morgan fingerprint density at radius 3 is 2.62 bits per heavy atom. The monoisotopic (exact) mass is 208 g/mol. The highest BCUT2D eigenvalue weighted by atomic mass is 14.1. The van der Waals surface area contributed by atoms with Gasteiger partial charge in [-0.15, -0.1) is 0 Å². The first-order valence-corrected chi connectivity index (χ1v) is 5.54. The lowest BCUT2D eigenvalue weighted by Crippen LogP contribution is -1.84. The second-order valence-electron chi connectivity index (χ2n) is 3.98. The van der Waals surface area contributed by atoms with Gasteiger partial charge in [0.2, 0.25) is 0 Å². The van der Waals surface area contributed by atoms with Crippen molar-refractivity contribution in [2.45, 2.75) is 13.8 Å². The van der Waals surface area contributed by atoms with Crippen LogP contribution in [-0.2, 0) is 0 Å². The summed E-state index contributed by atoms with van der Waals surface area (Å²) in [5, 5.41) is 2.58. The molecule has 0 spiro atoms. The molecular formula is C16H16. The number of rotatable bonds is 2. The summed E-state index contributed by atoms with van der Waals surface area (Å²) in [5.41, 5.74) is 3.80. The summed E-state index contributed by atoms with van der Waals surface area (Å²) in [5.74, 6) is 0. The van der Waals surface area contributed by atoms with Gasteiger partial charge in [-0.05, 0) is 47.4 Å². The van der Waals surface area contributed by atoms with Crippen LogP contribution in [0.4, 0.5) is 0 Å². The molecule has 0 fully saturated rings. The summed E-state index contributed by atoms with van der Waals surface area (Å²) in [6.07, 6.45) is 6.14. The molecule has 16 heavy (non-hydrogen) atoms. The van der Waals surface area contributed by atoms with E-state index in [0.29, 0.717) is 0 Å². The Hall–Kier alpha value is -1.82. The molecule has 2 aromatic carbocycles. The lowest BCUT2D eigenvalue weighted by atomic mass is 9.98. The van der Waals surface area contributed by atoms with Crippen molar-refractivity contribution in [2.75, 3.05) is 0 Å². The Bertz CT molecular complexity index is 560. The van der Waals surface area contributed by atoms with E-state index in [2.05, 4.69) is 62.9 Å². The summed E-state index contributed by atoms with van der Waals surface area (Å²) in [6.45, 7) is 8.00. The zero-order chi connectivity index (χ0) is 11.5. The van der Waals surface area contributed by atoms with Gasteiger partial charge in [-0.25, -0.2) is 0 Å². The van der Waals surface area contributed by atoms with E-state index in [4.69, 9.17) is 0 Å². The fraction of sp³-hybridized carbons (Fsp3) is 0.125. The molecule has 0 saturated carbocycles. The van der Waals surface area contributed by atoms with E-state index < -0.39 is 0 Å². The maximum absolute atomic E-state index is 3.80. The van der Waals surface area contributed by atoms with Crippen LogP contribution in [0.3, 0.4) is 0 Å². The minimum Gasteiger partial charge on any atom is -0.0985 e. The van der Waals surface area contributed by atoms with Gasteiger partial charge < -0.3 is 0 Å². The van der Waals surface area contributed by atoms with Crippen molar-refractivity contribution in [2.24, 2.45) is 0 Å². The van der Waals surface area contributed by atoms with E-state index in [1.54, 1.807) is 0 Å². The molecule has 0 nitrogen and oxygen atoms in total. The molecule has 0 aliphatic carbocycles. The minimum absolute atomic E-state index is 1.17. The highest BCUT2D eigenvalue weighted by Crippen LogP contribution is 2.24. The average Bonchev–Trinajstić information content (AvgIpc) is 2.32. The molecule has 0 unspecified atom stereocenters. The van der Waals surface area contributed by atoms with E-state index in [-0.39, 0.29) is 0 Å². The molecule has 0 aromatic heterocycles. The van der Waals surface area contributed by atoms with Crippen LogP contribution in [0.1, 0.15) is 23.6 Å². The van der Waals surface area contributed by atoms with E-state index >= 15 is 0 Å². The number of hydrogen-bond acceptors (Lipinski definition) is 0. The zero-order valence-corrected chi connectivity index (χ0v) is 9.83.